The lowest BCUT2D eigenvalue weighted by atomic mass is 9.76. The van der Waals surface area contributed by atoms with Gasteiger partial charge >= 0.3 is 0 Å². The van der Waals surface area contributed by atoms with E-state index in [0.717, 1.165) is 30.1 Å². The van der Waals surface area contributed by atoms with Gasteiger partial charge in [-0.2, -0.15) is 0 Å². The highest BCUT2D eigenvalue weighted by atomic mass is 16.3. The van der Waals surface area contributed by atoms with E-state index in [-0.39, 0.29) is 0 Å². The topological polar surface area (TPSA) is 20.2 Å². The van der Waals surface area contributed by atoms with E-state index in [1.807, 2.05) is 6.08 Å². The lowest BCUT2D eigenvalue weighted by molar-refractivity contribution is -0.00756. The molecule has 16 heavy (non-hydrogen) atoms. The van der Waals surface area contributed by atoms with E-state index in [4.69, 9.17) is 0 Å². The van der Waals surface area contributed by atoms with Crippen molar-refractivity contribution in [2.24, 2.45) is 35.5 Å². The van der Waals surface area contributed by atoms with Gasteiger partial charge in [0, 0.05) is 11.8 Å². The molecule has 4 rings (SSSR count). The van der Waals surface area contributed by atoms with E-state index in [0.29, 0.717) is 11.8 Å². The molecule has 0 amide bonds. The van der Waals surface area contributed by atoms with Gasteiger partial charge in [-0.1, -0.05) is 30.4 Å². The van der Waals surface area contributed by atoms with Crippen LogP contribution in [-0.4, -0.2) is 10.7 Å². The lowest BCUT2D eigenvalue weighted by Crippen LogP contribution is -2.37. The fourth-order valence-electron chi connectivity index (χ4n) is 5.13. The number of allylic oxidation sites excluding steroid dienone is 2. The molecule has 1 nitrogen and oxygen atoms in total. The van der Waals surface area contributed by atoms with Gasteiger partial charge in [0.1, 0.15) is 0 Å². The maximum absolute atomic E-state index is 10.9. The minimum Gasteiger partial charge on any atom is -0.388 e. The molecular formula is C15H18O. The highest BCUT2D eigenvalue weighted by molar-refractivity contribution is 5.33. The second-order valence-electron chi connectivity index (χ2n) is 6.02. The third-order valence-corrected chi connectivity index (χ3v) is 5.56. The maximum Gasteiger partial charge on any atom is 0.0812 e. The Balaban J connectivity index is 1.78. The zero-order valence-electron chi connectivity index (χ0n) is 9.42. The summed E-state index contributed by atoms with van der Waals surface area (Å²) in [5.74, 6) is 3.70. The van der Waals surface area contributed by atoms with Gasteiger partial charge in [0.2, 0.25) is 0 Å². The summed E-state index contributed by atoms with van der Waals surface area (Å²) >= 11 is 0. The quantitative estimate of drug-likeness (QED) is 0.553. The number of hydrogen-bond acceptors (Lipinski definition) is 1. The number of rotatable bonds is 2. The standard InChI is InChI=1S/C15H18O/c1-2-7-15(16)11-5-6-12(15)14-10-4-3-9(8-10)13(11)14/h2-6,9-14,16H,1,7-8H2/t9?,10?,11?,12?,13-,14+,15?. The Morgan fingerprint density at radius 2 is 1.69 bits per heavy atom. The zero-order valence-corrected chi connectivity index (χ0v) is 9.42. The van der Waals surface area contributed by atoms with Crippen LogP contribution in [0.4, 0.5) is 0 Å². The first-order valence-electron chi connectivity index (χ1n) is 6.45. The van der Waals surface area contributed by atoms with Crippen molar-refractivity contribution < 1.29 is 5.11 Å². The Morgan fingerprint density at radius 1 is 1.12 bits per heavy atom. The minimum atomic E-state index is -0.500. The molecule has 2 saturated carbocycles. The summed E-state index contributed by atoms with van der Waals surface area (Å²) in [6.07, 6.45) is 13.3. The monoisotopic (exact) mass is 214 g/mol. The molecule has 0 aromatic carbocycles. The van der Waals surface area contributed by atoms with Crippen LogP contribution in [0, 0.1) is 35.5 Å². The predicted octanol–water partition coefficient (Wildman–Crippen LogP) is 2.55. The van der Waals surface area contributed by atoms with Gasteiger partial charge in [-0.05, 0) is 36.5 Å². The molecule has 4 aliphatic rings. The molecule has 4 bridgehead atoms. The van der Waals surface area contributed by atoms with Crippen molar-refractivity contribution in [2.75, 3.05) is 0 Å². The molecule has 7 atom stereocenters. The van der Waals surface area contributed by atoms with Gasteiger partial charge in [-0.3, -0.25) is 0 Å². The molecule has 0 saturated heterocycles. The van der Waals surface area contributed by atoms with Crippen molar-refractivity contribution in [2.45, 2.75) is 18.4 Å². The molecular weight excluding hydrogens is 196 g/mol. The second kappa shape index (κ2) is 2.70. The van der Waals surface area contributed by atoms with Crippen molar-refractivity contribution >= 4 is 0 Å². The first kappa shape index (κ1) is 9.23. The fourth-order valence-corrected chi connectivity index (χ4v) is 5.13. The first-order chi connectivity index (χ1) is 7.75. The molecule has 1 heteroatoms. The Kier molecular flexibility index (Phi) is 1.56. The van der Waals surface area contributed by atoms with Crippen LogP contribution in [0.5, 0.6) is 0 Å². The summed E-state index contributed by atoms with van der Waals surface area (Å²) < 4.78 is 0. The van der Waals surface area contributed by atoms with Crippen LogP contribution in [-0.2, 0) is 0 Å². The average Bonchev–Trinajstić information content (AvgIpc) is 2.98. The SMILES string of the molecule is C=CCC1(O)C2C=CC1[C@@H]1C3C=CC(C3)[C@H]21. The van der Waals surface area contributed by atoms with E-state index in [1.165, 1.54) is 6.42 Å². The smallest absolute Gasteiger partial charge is 0.0812 e. The van der Waals surface area contributed by atoms with E-state index in [9.17, 15) is 5.11 Å². The predicted molar refractivity (Wildman–Crippen MR) is 63.6 cm³/mol. The van der Waals surface area contributed by atoms with Crippen molar-refractivity contribution in [3.63, 3.8) is 0 Å². The van der Waals surface area contributed by atoms with Crippen LogP contribution in [0.2, 0.25) is 0 Å². The minimum absolute atomic E-state index is 0.389. The van der Waals surface area contributed by atoms with Gasteiger partial charge in [0.25, 0.3) is 0 Å². The molecule has 5 unspecified atom stereocenters. The molecule has 0 aromatic heterocycles. The van der Waals surface area contributed by atoms with Gasteiger partial charge < -0.3 is 5.11 Å². The van der Waals surface area contributed by atoms with Crippen LogP contribution in [0.15, 0.2) is 37.0 Å². The fraction of sp³-hybridized carbons (Fsp3) is 0.600. The van der Waals surface area contributed by atoms with Crippen LogP contribution < -0.4 is 0 Å². The third-order valence-electron chi connectivity index (χ3n) is 5.56. The summed E-state index contributed by atoms with van der Waals surface area (Å²) in [5, 5.41) is 10.9. The Morgan fingerprint density at radius 3 is 2.19 bits per heavy atom. The molecule has 4 aliphatic carbocycles. The van der Waals surface area contributed by atoms with Gasteiger partial charge in [0.15, 0.2) is 0 Å². The summed E-state index contributed by atoms with van der Waals surface area (Å²) in [4.78, 5) is 0. The molecule has 0 radical (unpaired) electrons. The molecule has 2 fully saturated rings. The zero-order chi connectivity index (χ0) is 10.9. The van der Waals surface area contributed by atoms with Gasteiger partial charge in [-0.15, -0.1) is 6.58 Å². The number of aliphatic hydroxyl groups is 1. The van der Waals surface area contributed by atoms with Crippen LogP contribution in [0.25, 0.3) is 0 Å². The number of hydrogen-bond donors (Lipinski definition) is 1. The Hall–Kier alpha value is -0.820. The molecule has 0 spiro atoms. The maximum atomic E-state index is 10.9. The summed E-state index contributed by atoms with van der Waals surface area (Å²) in [7, 11) is 0. The molecule has 1 N–H and O–H groups in total. The average molecular weight is 214 g/mol. The highest BCUT2D eigenvalue weighted by Crippen LogP contribution is 2.67. The number of fused-ring (bicyclic) bond motifs is 9. The summed E-state index contributed by atoms with van der Waals surface area (Å²) in [6.45, 7) is 3.81. The normalized spacial score (nSPS) is 59.6. The molecule has 84 valence electrons. The van der Waals surface area contributed by atoms with Gasteiger partial charge in [0.05, 0.1) is 5.60 Å². The van der Waals surface area contributed by atoms with Crippen LogP contribution in [0.3, 0.4) is 0 Å². The van der Waals surface area contributed by atoms with Crippen molar-refractivity contribution in [3.05, 3.63) is 37.0 Å². The Labute approximate surface area is 96.6 Å². The van der Waals surface area contributed by atoms with Gasteiger partial charge in [-0.25, -0.2) is 0 Å². The van der Waals surface area contributed by atoms with Crippen LogP contribution >= 0.6 is 0 Å². The van der Waals surface area contributed by atoms with E-state index in [2.05, 4.69) is 30.9 Å². The van der Waals surface area contributed by atoms with E-state index >= 15 is 0 Å². The summed E-state index contributed by atoms with van der Waals surface area (Å²) in [6, 6.07) is 0. The van der Waals surface area contributed by atoms with Crippen molar-refractivity contribution in [3.8, 4) is 0 Å². The largest absolute Gasteiger partial charge is 0.388 e. The Bertz CT molecular complexity index is 378. The lowest BCUT2D eigenvalue weighted by Gasteiger charge is -2.30. The van der Waals surface area contributed by atoms with Crippen molar-refractivity contribution in [1.29, 1.82) is 0 Å². The molecule has 0 aromatic rings. The van der Waals surface area contributed by atoms with Crippen LogP contribution in [0.1, 0.15) is 12.8 Å². The van der Waals surface area contributed by atoms with E-state index < -0.39 is 5.60 Å². The summed E-state index contributed by atoms with van der Waals surface area (Å²) in [5.41, 5.74) is -0.500. The highest BCUT2D eigenvalue weighted by Gasteiger charge is 2.66. The second-order valence-corrected chi connectivity index (χ2v) is 6.02. The molecule has 0 heterocycles. The first-order valence-corrected chi connectivity index (χ1v) is 6.45. The molecule has 0 aliphatic heterocycles. The van der Waals surface area contributed by atoms with Crippen molar-refractivity contribution in [1.82, 2.24) is 0 Å². The van der Waals surface area contributed by atoms with E-state index in [1.54, 1.807) is 0 Å². The third kappa shape index (κ3) is 0.808.